The van der Waals surface area contributed by atoms with Gasteiger partial charge in [-0.3, -0.25) is 9.59 Å². The van der Waals surface area contributed by atoms with E-state index in [-0.39, 0.29) is 23.8 Å². The van der Waals surface area contributed by atoms with Crippen molar-refractivity contribution in [2.45, 2.75) is 33.6 Å². The predicted octanol–water partition coefficient (Wildman–Crippen LogP) is 2.09. The third-order valence-corrected chi connectivity index (χ3v) is 3.04. The predicted molar refractivity (Wildman–Crippen MR) is 63.2 cm³/mol. The molecule has 0 spiro atoms. The lowest BCUT2D eigenvalue weighted by molar-refractivity contribution is -0.158. The SMILES string of the molecule is CC=C1CC(C(=O)OCC)C(C(=O)OCC)C1. The van der Waals surface area contributed by atoms with Crippen LogP contribution in [0.15, 0.2) is 11.6 Å². The Bertz CT molecular complexity index is 291. The molecule has 0 saturated heterocycles. The Kier molecular flexibility index (Phi) is 5.19. The van der Waals surface area contributed by atoms with Crippen LogP contribution < -0.4 is 0 Å². The second-order valence-corrected chi connectivity index (χ2v) is 4.07. The van der Waals surface area contributed by atoms with Crippen LogP contribution in [-0.2, 0) is 19.1 Å². The Labute approximate surface area is 102 Å². The summed E-state index contributed by atoms with van der Waals surface area (Å²) in [4.78, 5) is 23.5. The summed E-state index contributed by atoms with van der Waals surface area (Å²) < 4.78 is 10.0. The first-order chi connectivity index (χ1) is 8.13. The molecule has 0 aromatic rings. The first kappa shape index (κ1) is 13.7. The second kappa shape index (κ2) is 6.42. The number of carbonyl (C=O) groups excluding carboxylic acids is 2. The molecule has 1 aliphatic carbocycles. The standard InChI is InChI=1S/C13H20O4/c1-4-9-7-10(12(14)16-5-2)11(8-9)13(15)17-6-3/h4,10-11H,5-8H2,1-3H3. The normalized spacial score (nSPS) is 23.4. The summed E-state index contributed by atoms with van der Waals surface area (Å²) >= 11 is 0. The average molecular weight is 240 g/mol. The fraction of sp³-hybridized carbons (Fsp3) is 0.692. The zero-order valence-electron chi connectivity index (χ0n) is 10.7. The van der Waals surface area contributed by atoms with Crippen LogP contribution in [-0.4, -0.2) is 25.2 Å². The lowest BCUT2D eigenvalue weighted by Crippen LogP contribution is -2.28. The summed E-state index contributed by atoms with van der Waals surface area (Å²) in [7, 11) is 0. The summed E-state index contributed by atoms with van der Waals surface area (Å²) in [6, 6.07) is 0. The van der Waals surface area contributed by atoms with E-state index in [0.717, 1.165) is 5.57 Å². The molecule has 0 bridgehead atoms. The van der Waals surface area contributed by atoms with Crippen LogP contribution in [0.5, 0.6) is 0 Å². The van der Waals surface area contributed by atoms with Crippen LogP contribution in [0.3, 0.4) is 0 Å². The quantitative estimate of drug-likeness (QED) is 0.557. The first-order valence-electron chi connectivity index (χ1n) is 6.11. The molecule has 0 aromatic heterocycles. The minimum atomic E-state index is -0.375. The smallest absolute Gasteiger partial charge is 0.310 e. The van der Waals surface area contributed by atoms with E-state index in [1.54, 1.807) is 13.8 Å². The van der Waals surface area contributed by atoms with E-state index >= 15 is 0 Å². The molecule has 4 nitrogen and oxygen atoms in total. The third kappa shape index (κ3) is 3.32. The van der Waals surface area contributed by atoms with Crippen molar-refractivity contribution >= 4 is 11.9 Å². The van der Waals surface area contributed by atoms with E-state index in [9.17, 15) is 9.59 Å². The molecular weight excluding hydrogens is 220 g/mol. The van der Waals surface area contributed by atoms with Crippen LogP contribution in [0.2, 0.25) is 0 Å². The average Bonchev–Trinajstić information content (AvgIpc) is 2.73. The van der Waals surface area contributed by atoms with Crippen LogP contribution in [0.25, 0.3) is 0 Å². The van der Waals surface area contributed by atoms with Gasteiger partial charge in [-0.25, -0.2) is 0 Å². The van der Waals surface area contributed by atoms with Crippen molar-refractivity contribution < 1.29 is 19.1 Å². The third-order valence-electron chi connectivity index (χ3n) is 3.04. The van der Waals surface area contributed by atoms with Crippen molar-refractivity contribution in [1.82, 2.24) is 0 Å². The largest absolute Gasteiger partial charge is 0.466 e. The van der Waals surface area contributed by atoms with Crippen molar-refractivity contribution in [3.8, 4) is 0 Å². The highest BCUT2D eigenvalue weighted by atomic mass is 16.5. The second-order valence-electron chi connectivity index (χ2n) is 4.07. The minimum absolute atomic E-state index is 0.289. The summed E-state index contributed by atoms with van der Waals surface area (Å²) in [5.41, 5.74) is 1.13. The maximum absolute atomic E-state index is 11.8. The molecule has 0 N–H and O–H groups in total. The van der Waals surface area contributed by atoms with Crippen molar-refractivity contribution in [2.24, 2.45) is 11.8 Å². The van der Waals surface area contributed by atoms with Gasteiger partial charge in [0.15, 0.2) is 0 Å². The molecule has 17 heavy (non-hydrogen) atoms. The molecule has 0 amide bonds. The van der Waals surface area contributed by atoms with E-state index in [1.807, 2.05) is 13.0 Å². The fourth-order valence-corrected chi connectivity index (χ4v) is 2.16. The monoisotopic (exact) mass is 240 g/mol. The molecular formula is C13H20O4. The lowest BCUT2D eigenvalue weighted by atomic mass is 9.96. The van der Waals surface area contributed by atoms with Gasteiger partial charge in [-0.15, -0.1) is 0 Å². The number of rotatable bonds is 4. The number of esters is 2. The van der Waals surface area contributed by atoms with Gasteiger partial charge in [0.25, 0.3) is 0 Å². The van der Waals surface area contributed by atoms with Crippen LogP contribution >= 0.6 is 0 Å². The Morgan fingerprint density at radius 1 is 1.12 bits per heavy atom. The highest BCUT2D eigenvalue weighted by Gasteiger charge is 2.41. The van der Waals surface area contributed by atoms with Gasteiger partial charge in [-0.05, 0) is 33.6 Å². The maximum atomic E-state index is 11.8. The van der Waals surface area contributed by atoms with E-state index in [1.165, 1.54) is 0 Å². The van der Waals surface area contributed by atoms with Crippen LogP contribution in [0.1, 0.15) is 33.6 Å². The first-order valence-corrected chi connectivity index (χ1v) is 6.11. The van der Waals surface area contributed by atoms with Crippen LogP contribution in [0, 0.1) is 11.8 Å². The van der Waals surface area contributed by atoms with Gasteiger partial charge in [0.05, 0.1) is 25.0 Å². The molecule has 1 saturated carbocycles. The van der Waals surface area contributed by atoms with Crippen molar-refractivity contribution in [3.05, 3.63) is 11.6 Å². The zero-order chi connectivity index (χ0) is 12.8. The van der Waals surface area contributed by atoms with Gasteiger partial charge >= 0.3 is 11.9 Å². The molecule has 2 unspecified atom stereocenters. The van der Waals surface area contributed by atoms with E-state index in [4.69, 9.17) is 9.47 Å². The van der Waals surface area contributed by atoms with E-state index in [2.05, 4.69) is 0 Å². The molecule has 0 heterocycles. The van der Waals surface area contributed by atoms with Crippen LogP contribution in [0.4, 0.5) is 0 Å². The molecule has 0 radical (unpaired) electrons. The summed E-state index contributed by atoms with van der Waals surface area (Å²) in [6.07, 6.45) is 3.18. The molecule has 1 aliphatic rings. The van der Waals surface area contributed by atoms with Gasteiger partial charge in [-0.1, -0.05) is 11.6 Å². The molecule has 96 valence electrons. The number of hydrogen-bond acceptors (Lipinski definition) is 4. The highest BCUT2D eigenvalue weighted by molar-refractivity contribution is 5.83. The number of ether oxygens (including phenoxy) is 2. The van der Waals surface area contributed by atoms with Gasteiger partial charge < -0.3 is 9.47 Å². The van der Waals surface area contributed by atoms with Crippen molar-refractivity contribution in [1.29, 1.82) is 0 Å². The Morgan fingerprint density at radius 2 is 1.53 bits per heavy atom. The molecule has 4 heteroatoms. The lowest BCUT2D eigenvalue weighted by Gasteiger charge is -2.15. The fourth-order valence-electron chi connectivity index (χ4n) is 2.16. The highest BCUT2D eigenvalue weighted by Crippen LogP contribution is 2.37. The van der Waals surface area contributed by atoms with Crippen molar-refractivity contribution in [3.63, 3.8) is 0 Å². The number of allylic oxidation sites excluding steroid dienone is 2. The summed E-state index contributed by atoms with van der Waals surface area (Å²) in [6.45, 7) is 6.14. The van der Waals surface area contributed by atoms with Crippen molar-refractivity contribution in [2.75, 3.05) is 13.2 Å². The molecule has 1 rings (SSSR count). The zero-order valence-corrected chi connectivity index (χ0v) is 10.7. The Hall–Kier alpha value is -1.32. The summed E-state index contributed by atoms with van der Waals surface area (Å²) in [5.74, 6) is -1.33. The van der Waals surface area contributed by atoms with E-state index in [0.29, 0.717) is 26.1 Å². The molecule has 0 aromatic carbocycles. The van der Waals surface area contributed by atoms with Gasteiger partial charge in [-0.2, -0.15) is 0 Å². The molecule has 1 fully saturated rings. The number of carbonyl (C=O) groups is 2. The van der Waals surface area contributed by atoms with Gasteiger partial charge in [0.1, 0.15) is 0 Å². The topological polar surface area (TPSA) is 52.6 Å². The number of hydrogen-bond donors (Lipinski definition) is 0. The Morgan fingerprint density at radius 3 is 1.82 bits per heavy atom. The minimum Gasteiger partial charge on any atom is -0.466 e. The molecule has 2 atom stereocenters. The van der Waals surface area contributed by atoms with Gasteiger partial charge in [0, 0.05) is 0 Å². The Balaban J connectivity index is 2.77. The van der Waals surface area contributed by atoms with E-state index < -0.39 is 0 Å². The molecule has 0 aliphatic heterocycles. The van der Waals surface area contributed by atoms with Gasteiger partial charge in [0.2, 0.25) is 0 Å². The summed E-state index contributed by atoms with van der Waals surface area (Å²) in [5, 5.41) is 0. The maximum Gasteiger partial charge on any atom is 0.310 e.